The molecule has 1 aromatic heterocycles. The summed E-state index contributed by atoms with van der Waals surface area (Å²) < 4.78 is 0. The van der Waals surface area contributed by atoms with Crippen LogP contribution in [0.15, 0.2) is 71.1 Å². The van der Waals surface area contributed by atoms with Crippen LogP contribution in [0.5, 0.6) is 0 Å². The van der Waals surface area contributed by atoms with Gasteiger partial charge in [0.1, 0.15) is 5.76 Å². The molecule has 0 radical (unpaired) electrons. The third-order valence-corrected chi connectivity index (χ3v) is 5.02. The van der Waals surface area contributed by atoms with Crippen LogP contribution in [0, 0.1) is 0 Å². The van der Waals surface area contributed by atoms with E-state index in [1.54, 1.807) is 11.3 Å². The van der Waals surface area contributed by atoms with Gasteiger partial charge in [-0.25, -0.2) is 0 Å². The minimum atomic E-state index is -0.722. The molecule has 3 nitrogen and oxygen atoms in total. The minimum absolute atomic E-state index is 0.105. The molecule has 4 heteroatoms. The monoisotopic (exact) mass is 321 g/mol. The number of thiophene rings is 1. The van der Waals surface area contributed by atoms with E-state index in [9.17, 15) is 9.90 Å². The van der Waals surface area contributed by atoms with E-state index in [2.05, 4.69) is 29.6 Å². The number of hydrogen-bond donors (Lipinski definition) is 2. The normalized spacial score (nSPS) is 21.0. The standard InChI is InChI=1S/C19H15NO2S/c21-17-10-18(22)20-19(11-17,16-7-8-23-12-16)15-6-5-13-3-1-2-4-14(13)9-15/h1-10,12,21H,11H2,(H,20,22). The van der Waals surface area contributed by atoms with Gasteiger partial charge in [0.05, 0.1) is 5.54 Å². The van der Waals surface area contributed by atoms with Crippen molar-refractivity contribution in [3.05, 3.63) is 82.3 Å². The maximum absolute atomic E-state index is 12.1. The number of nitrogens with one attached hydrogen (secondary N) is 1. The summed E-state index contributed by atoms with van der Waals surface area (Å²) in [5.74, 6) is -0.166. The van der Waals surface area contributed by atoms with Crippen LogP contribution in [0.4, 0.5) is 0 Å². The van der Waals surface area contributed by atoms with Crippen molar-refractivity contribution in [3.8, 4) is 0 Å². The third kappa shape index (κ3) is 2.32. The summed E-state index contributed by atoms with van der Waals surface area (Å²) in [5.41, 5.74) is 1.24. The van der Waals surface area contributed by atoms with Crippen LogP contribution in [0.3, 0.4) is 0 Å². The lowest BCUT2D eigenvalue weighted by atomic mass is 9.78. The third-order valence-electron chi connectivity index (χ3n) is 4.34. The molecule has 3 aromatic rings. The molecule has 114 valence electrons. The Kier molecular flexibility index (Phi) is 3.20. The van der Waals surface area contributed by atoms with Gasteiger partial charge in [-0.1, -0.05) is 36.4 Å². The van der Waals surface area contributed by atoms with Crippen LogP contribution >= 0.6 is 11.3 Å². The molecule has 0 saturated carbocycles. The highest BCUT2D eigenvalue weighted by atomic mass is 32.1. The summed E-state index contributed by atoms with van der Waals surface area (Å²) in [6.45, 7) is 0. The van der Waals surface area contributed by atoms with E-state index < -0.39 is 5.54 Å². The number of amides is 1. The summed E-state index contributed by atoms with van der Waals surface area (Å²) in [5, 5.41) is 19.4. The number of rotatable bonds is 2. The van der Waals surface area contributed by atoms with Gasteiger partial charge in [0.25, 0.3) is 0 Å². The Hall–Kier alpha value is -2.59. The molecule has 23 heavy (non-hydrogen) atoms. The Morgan fingerprint density at radius 1 is 1.04 bits per heavy atom. The molecule has 4 rings (SSSR count). The molecule has 1 aliphatic rings. The Balaban J connectivity index is 1.94. The van der Waals surface area contributed by atoms with Crippen LogP contribution in [0.2, 0.25) is 0 Å². The van der Waals surface area contributed by atoms with Crippen LogP contribution < -0.4 is 5.32 Å². The number of aliphatic hydroxyl groups excluding tert-OH is 1. The first kappa shape index (κ1) is 14.0. The van der Waals surface area contributed by atoms with E-state index in [4.69, 9.17) is 0 Å². The number of carbonyl (C=O) groups is 1. The molecular weight excluding hydrogens is 306 g/mol. The lowest BCUT2D eigenvalue weighted by Crippen LogP contribution is -2.48. The molecule has 0 spiro atoms. The lowest BCUT2D eigenvalue weighted by molar-refractivity contribution is -0.119. The van der Waals surface area contributed by atoms with E-state index in [1.807, 2.05) is 35.0 Å². The van der Waals surface area contributed by atoms with E-state index >= 15 is 0 Å². The Labute approximate surface area is 137 Å². The fourth-order valence-corrected chi connectivity index (χ4v) is 3.97. The zero-order valence-corrected chi connectivity index (χ0v) is 13.1. The number of carbonyl (C=O) groups excluding carboxylic acids is 1. The number of hydrogen-bond acceptors (Lipinski definition) is 3. The molecule has 0 bridgehead atoms. The van der Waals surface area contributed by atoms with Gasteiger partial charge in [0, 0.05) is 12.5 Å². The zero-order chi connectivity index (χ0) is 15.9. The highest BCUT2D eigenvalue weighted by Crippen LogP contribution is 2.39. The summed E-state index contributed by atoms with van der Waals surface area (Å²) >= 11 is 1.58. The molecule has 1 atom stereocenters. The van der Waals surface area contributed by atoms with Crippen LogP contribution in [0.25, 0.3) is 10.8 Å². The van der Waals surface area contributed by atoms with Crippen LogP contribution in [-0.2, 0) is 10.3 Å². The average molecular weight is 321 g/mol. The minimum Gasteiger partial charge on any atom is -0.512 e. The van der Waals surface area contributed by atoms with Crippen LogP contribution in [0.1, 0.15) is 17.5 Å². The number of fused-ring (bicyclic) bond motifs is 1. The van der Waals surface area contributed by atoms with Crippen molar-refractivity contribution in [1.29, 1.82) is 0 Å². The van der Waals surface area contributed by atoms with Gasteiger partial charge in [-0.2, -0.15) is 11.3 Å². The van der Waals surface area contributed by atoms with Crippen molar-refractivity contribution in [2.75, 3.05) is 0 Å². The second kappa shape index (κ2) is 5.25. The summed E-state index contributed by atoms with van der Waals surface area (Å²) in [6, 6.07) is 16.3. The molecular formula is C19H15NO2S. The first-order valence-corrected chi connectivity index (χ1v) is 8.35. The largest absolute Gasteiger partial charge is 0.512 e. The fraction of sp³-hybridized carbons (Fsp3) is 0.105. The van der Waals surface area contributed by atoms with Crippen molar-refractivity contribution in [1.82, 2.24) is 5.32 Å². The van der Waals surface area contributed by atoms with Gasteiger partial charge in [0.15, 0.2) is 0 Å². The fourth-order valence-electron chi connectivity index (χ4n) is 3.24. The predicted molar refractivity (Wildman–Crippen MR) is 92.5 cm³/mol. The maximum atomic E-state index is 12.1. The van der Waals surface area contributed by atoms with Crippen molar-refractivity contribution in [3.63, 3.8) is 0 Å². The van der Waals surface area contributed by atoms with Gasteiger partial charge >= 0.3 is 0 Å². The van der Waals surface area contributed by atoms with Crippen molar-refractivity contribution >= 4 is 28.0 Å². The molecule has 0 saturated heterocycles. The highest BCUT2D eigenvalue weighted by molar-refractivity contribution is 7.08. The molecule has 0 fully saturated rings. The SMILES string of the molecule is O=C1C=C(O)CC(c2ccsc2)(c2ccc3ccccc3c2)N1. The Morgan fingerprint density at radius 3 is 2.61 bits per heavy atom. The van der Waals surface area contributed by atoms with Crippen LogP contribution in [-0.4, -0.2) is 11.0 Å². The molecule has 2 aromatic carbocycles. The number of benzene rings is 2. The van der Waals surface area contributed by atoms with Gasteiger partial charge in [-0.15, -0.1) is 0 Å². The molecule has 1 aliphatic heterocycles. The second-order valence-corrected chi connectivity index (χ2v) is 6.56. The first-order valence-electron chi connectivity index (χ1n) is 7.41. The van der Waals surface area contributed by atoms with E-state index in [0.29, 0.717) is 6.42 Å². The lowest BCUT2D eigenvalue weighted by Gasteiger charge is -2.37. The van der Waals surface area contributed by atoms with Crippen molar-refractivity contribution in [2.45, 2.75) is 12.0 Å². The number of aliphatic hydroxyl groups is 1. The first-order chi connectivity index (χ1) is 11.2. The van der Waals surface area contributed by atoms with Crippen molar-refractivity contribution < 1.29 is 9.90 Å². The molecule has 2 N–H and O–H groups in total. The van der Waals surface area contributed by atoms with Gasteiger partial charge in [-0.05, 0) is 44.8 Å². The smallest absolute Gasteiger partial charge is 0.248 e. The summed E-state index contributed by atoms with van der Waals surface area (Å²) in [7, 11) is 0. The van der Waals surface area contributed by atoms with E-state index in [1.165, 1.54) is 6.08 Å². The molecule has 1 unspecified atom stereocenters. The molecule has 0 aliphatic carbocycles. The van der Waals surface area contributed by atoms with E-state index in [0.717, 1.165) is 21.9 Å². The quantitative estimate of drug-likeness (QED) is 0.746. The van der Waals surface area contributed by atoms with E-state index in [-0.39, 0.29) is 11.7 Å². The Morgan fingerprint density at radius 2 is 1.87 bits per heavy atom. The van der Waals surface area contributed by atoms with Crippen molar-refractivity contribution in [2.24, 2.45) is 0 Å². The maximum Gasteiger partial charge on any atom is 0.248 e. The predicted octanol–water partition coefficient (Wildman–Crippen LogP) is 4.11. The van der Waals surface area contributed by atoms with Gasteiger partial charge in [-0.3, -0.25) is 4.79 Å². The Bertz CT molecular complexity index is 914. The van der Waals surface area contributed by atoms with Gasteiger partial charge < -0.3 is 10.4 Å². The van der Waals surface area contributed by atoms with Gasteiger partial charge in [0.2, 0.25) is 5.91 Å². The highest BCUT2D eigenvalue weighted by Gasteiger charge is 2.39. The topological polar surface area (TPSA) is 49.3 Å². The zero-order valence-electron chi connectivity index (χ0n) is 12.3. The molecule has 1 amide bonds. The summed E-state index contributed by atoms with van der Waals surface area (Å²) in [6.07, 6.45) is 1.61. The second-order valence-electron chi connectivity index (χ2n) is 5.78. The summed E-state index contributed by atoms with van der Waals surface area (Å²) in [4.78, 5) is 12.1. The molecule has 2 heterocycles. The average Bonchev–Trinajstić information content (AvgIpc) is 3.08.